The summed E-state index contributed by atoms with van der Waals surface area (Å²) in [6.07, 6.45) is 4.13. The molecule has 4 aromatic rings. The van der Waals surface area contributed by atoms with Gasteiger partial charge >= 0.3 is 5.97 Å². The summed E-state index contributed by atoms with van der Waals surface area (Å²) in [4.78, 5) is 15.8. The third kappa shape index (κ3) is 3.98. The van der Waals surface area contributed by atoms with Crippen LogP contribution in [-0.4, -0.2) is 26.3 Å². The van der Waals surface area contributed by atoms with Gasteiger partial charge in [-0.25, -0.2) is 4.98 Å². The second-order valence-corrected chi connectivity index (χ2v) is 7.72. The molecule has 140 valence electrons. The second-order valence-electron chi connectivity index (χ2n) is 6.26. The first-order valence-electron chi connectivity index (χ1n) is 8.68. The zero-order valence-corrected chi connectivity index (χ0v) is 16.3. The standard InChI is InChI=1S/C21H16ClN3O2S/c22-16-8-5-13(6-9-16)20-15(12-23-25-20)11-14(7-10-19(26)27)21-24-17-3-1-2-4-18(17)28-21/h1-6,8-9,11-12H,7,10H2,(H,23,25)(H,26,27)/b14-11+. The summed E-state index contributed by atoms with van der Waals surface area (Å²) in [5, 5.41) is 17.8. The number of fused-ring (bicyclic) bond motifs is 1. The maximum Gasteiger partial charge on any atom is 0.303 e. The molecule has 7 heteroatoms. The number of para-hydroxylation sites is 1. The van der Waals surface area contributed by atoms with Crippen LogP contribution in [0.15, 0.2) is 54.7 Å². The molecule has 0 radical (unpaired) electrons. The number of rotatable bonds is 6. The fourth-order valence-corrected chi connectivity index (χ4v) is 4.07. The van der Waals surface area contributed by atoms with Crippen LogP contribution in [0.1, 0.15) is 23.4 Å². The number of allylic oxidation sites excluding steroid dienone is 1. The fourth-order valence-electron chi connectivity index (χ4n) is 2.93. The van der Waals surface area contributed by atoms with Gasteiger partial charge in [-0.1, -0.05) is 35.9 Å². The normalized spacial score (nSPS) is 11.8. The number of carboxylic acid groups (broad SMARTS) is 1. The van der Waals surface area contributed by atoms with Gasteiger partial charge in [-0.3, -0.25) is 9.89 Å². The highest BCUT2D eigenvalue weighted by molar-refractivity contribution is 7.19. The molecule has 0 aliphatic heterocycles. The van der Waals surface area contributed by atoms with Crippen molar-refractivity contribution in [1.29, 1.82) is 0 Å². The van der Waals surface area contributed by atoms with E-state index in [0.717, 1.165) is 37.6 Å². The van der Waals surface area contributed by atoms with E-state index in [-0.39, 0.29) is 6.42 Å². The number of benzene rings is 2. The Morgan fingerprint density at radius 3 is 2.68 bits per heavy atom. The molecular formula is C21H16ClN3O2S. The molecule has 2 aromatic carbocycles. The number of aromatic amines is 1. The first-order valence-corrected chi connectivity index (χ1v) is 9.87. The SMILES string of the molecule is O=C(O)CC/C(=C\c1cn[nH]c1-c1ccc(Cl)cc1)c1nc2ccccc2s1. The van der Waals surface area contributed by atoms with E-state index in [1.165, 1.54) is 0 Å². The van der Waals surface area contributed by atoms with Crippen molar-refractivity contribution in [1.82, 2.24) is 15.2 Å². The molecule has 28 heavy (non-hydrogen) atoms. The number of nitrogens with zero attached hydrogens (tertiary/aromatic N) is 2. The zero-order chi connectivity index (χ0) is 19.5. The van der Waals surface area contributed by atoms with Crippen LogP contribution < -0.4 is 0 Å². The Bertz CT molecular complexity index is 1130. The topological polar surface area (TPSA) is 78.9 Å². The highest BCUT2D eigenvalue weighted by atomic mass is 35.5. The van der Waals surface area contributed by atoms with Crippen molar-refractivity contribution in [3.05, 3.63) is 70.3 Å². The van der Waals surface area contributed by atoms with Crippen LogP contribution in [0.3, 0.4) is 0 Å². The Hall–Kier alpha value is -2.96. The molecule has 0 spiro atoms. The predicted octanol–water partition coefficient (Wildman–Crippen LogP) is 5.75. The van der Waals surface area contributed by atoms with Crippen LogP contribution >= 0.6 is 22.9 Å². The molecule has 2 heterocycles. The van der Waals surface area contributed by atoms with Gasteiger partial charge in [0.1, 0.15) is 5.01 Å². The maximum atomic E-state index is 11.2. The van der Waals surface area contributed by atoms with Gasteiger partial charge in [0, 0.05) is 22.6 Å². The van der Waals surface area contributed by atoms with Crippen LogP contribution in [-0.2, 0) is 4.79 Å². The quantitative estimate of drug-likeness (QED) is 0.425. The Labute approximate surface area is 170 Å². The molecule has 0 bridgehead atoms. The molecule has 0 aliphatic rings. The molecule has 0 unspecified atom stereocenters. The monoisotopic (exact) mass is 409 g/mol. The molecule has 0 aliphatic carbocycles. The number of aliphatic carboxylic acids is 1. The van der Waals surface area contributed by atoms with E-state index in [0.29, 0.717) is 11.4 Å². The van der Waals surface area contributed by atoms with Crippen molar-refractivity contribution < 1.29 is 9.90 Å². The van der Waals surface area contributed by atoms with Crippen molar-refractivity contribution in [2.45, 2.75) is 12.8 Å². The lowest BCUT2D eigenvalue weighted by Gasteiger charge is -2.04. The minimum absolute atomic E-state index is 0.0376. The average Bonchev–Trinajstić information content (AvgIpc) is 3.32. The second kappa shape index (κ2) is 7.96. The van der Waals surface area contributed by atoms with Crippen molar-refractivity contribution in [3.8, 4) is 11.3 Å². The molecule has 0 saturated carbocycles. The predicted molar refractivity (Wildman–Crippen MR) is 113 cm³/mol. The molecule has 0 fully saturated rings. The number of halogens is 1. The van der Waals surface area contributed by atoms with E-state index in [1.54, 1.807) is 17.5 Å². The van der Waals surface area contributed by atoms with Crippen molar-refractivity contribution in [3.63, 3.8) is 0 Å². The lowest BCUT2D eigenvalue weighted by Crippen LogP contribution is -1.95. The lowest BCUT2D eigenvalue weighted by molar-refractivity contribution is -0.136. The Kier molecular flexibility index (Phi) is 5.23. The minimum Gasteiger partial charge on any atom is -0.481 e. The largest absolute Gasteiger partial charge is 0.481 e. The Morgan fingerprint density at radius 1 is 1.14 bits per heavy atom. The van der Waals surface area contributed by atoms with E-state index in [9.17, 15) is 4.79 Å². The Balaban J connectivity index is 1.76. The van der Waals surface area contributed by atoms with Gasteiger partial charge in [0.15, 0.2) is 0 Å². The van der Waals surface area contributed by atoms with Gasteiger partial charge in [0.2, 0.25) is 0 Å². The zero-order valence-electron chi connectivity index (χ0n) is 14.7. The first kappa shape index (κ1) is 18.4. The molecule has 2 N–H and O–H groups in total. The summed E-state index contributed by atoms with van der Waals surface area (Å²) in [6.45, 7) is 0. The van der Waals surface area contributed by atoms with Crippen LogP contribution in [0.4, 0.5) is 0 Å². The summed E-state index contributed by atoms with van der Waals surface area (Å²) >= 11 is 7.55. The van der Waals surface area contributed by atoms with Gasteiger partial charge in [0.05, 0.1) is 22.1 Å². The maximum absolute atomic E-state index is 11.2. The van der Waals surface area contributed by atoms with E-state index < -0.39 is 5.97 Å². The molecule has 2 aromatic heterocycles. The van der Waals surface area contributed by atoms with Crippen molar-refractivity contribution >= 4 is 50.8 Å². The molecule has 0 saturated heterocycles. The summed E-state index contributed by atoms with van der Waals surface area (Å²) in [5.74, 6) is -0.836. The van der Waals surface area contributed by atoms with Gasteiger partial charge in [-0.15, -0.1) is 11.3 Å². The van der Waals surface area contributed by atoms with Crippen molar-refractivity contribution in [2.24, 2.45) is 0 Å². The highest BCUT2D eigenvalue weighted by Gasteiger charge is 2.13. The van der Waals surface area contributed by atoms with Gasteiger partial charge in [-0.2, -0.15) is 5.10 Å². The summed E-state index contributed by atoms with van der Waals surface area (Å²) in [5.41, 5.74) is 4.47. The van der Waals surface area contributed by atoms with E-state index in [1.807, 2.05) is 54.6 Å². The van der Waals surface area contributed by atoms with Gasteiger partial charge in [-0.05, 0) is 42.3 Å². The molecule has 0 atom stereocenters. The fraction of sp³-hybridized carbons (Fsp3) is 0.0952. The van der Waals surface area contributed by atoms with E-state index >= 15 is 0 Å². The number of carbonyl (C=O) groups is 1. The smallest absolute Gasteiger partial charge is 0.303 e. The van der Waals surface area contributed by atoms with E-state index in [2.05, 4.69) is 10.2 Å². The van der Waals surface area contributed by atoms with Crippen LogP contribution in [0.2, 0.25) is 5.02 Å². The number of hydrogen-bond acceptors (Lipinski definition) is 4. The van der Waals surface area contributed by atoms with Crippen LogP contribution in [0.5, 0.6) is 0 Å². The molecule has 0 amide bonds. The summed E-state index contributed by atoms with van der Waals surface area (Å²) in [7, 11) is 0. The average molecular weight is 410 g/mol. The number of carboxylic acids is 1. The number of aromatic nitrogens is 3. The molecule has 5 nitrogen and oxygen atoms in total. The summed E-state index contributed by atoms with van der Waals surface area (Å²) in [6, 6.07) is 15.4. The third-order valence-corrected chi connectivity index (χ3v) is 5.67. The van der Waals surface area contributed by atoms with Crippen molar-refractivity contribution in [2.75, 3.05) is 0 Å². The van der Waals surface area contributed by atoms with E-state index in [4.69, 9.17) is 21.7 Å². The summed E-state index contributed by atoms with van der Waals surface area (Å²) < 4.78 is 1.07. The van der Waals surface area contributed by atoms with Crippen LogP contribution in [0.25, 0.3) is 33.1 Å². The highest BCUT2D eigenvalue weighted by Crippen LogP contribution is 2.33. The molecule has 4 rings (SSSR count). The third-order valence-electron chi connectivity index (χ3n) is 4.31. The number of nitrogens with one attached hydrogen (secondary N) is 1. The Morgan fingerprint density at radius 2 is 1.93 bits per heavy atom. The first-order chi connectivity index (χ1) is 13.6. The number of hydrogen-bond donors (Lipinski definition) is 2. The number of thiazole rings is 1. The van der Waals surface area contributed by atoms with Gasteiger partial charge in [0.25, 0.3) is 0 Å². The number of H-pyrrole nitrogens is 1. The minimum atomic E-state index is -0.836. The molecular weight excluding hydrogens is 394 g/mol. The van der Waals surface area contributed by atoms with Gasteiger partial charge < -0.3 is 5.11 Å². The lowest BCUT2D eigenvalue weighted by atomic mass is 10.0. The van der Waals surface area contributed by atoms with Crippen LogP contribution in [0, 0.1) is 0 Å².